The van der Waals surface area contributed by atoms with E-state index in [9.17, 15) is 10.2 Å². The van der Waals surface area contributed by atoms with E-state index in [2.05, 4.69) is 110 Å². The number of phenols is 2. The van der Waals surface area contributed by atoms with Gasteiger partial charge in [-0.3, -0.25) is 0 Å². The Hall–Kier alpha value is -5.02. The maximum absolute atomic E-state index is 11.1. The molecule has 294 valence electrons. The molecule has 0 fully saturated rings. The highest BCUT2D eigenvalue weighted by Gasteiger charge is 2.58. The highest BCUT2D eigenvalue weighted by molar-refractivity contribution is 9.10. The molecule has 6 aromatic rings. The van der Waals surface area contributed by atoms with Crippen molar-refractivity contribution in [2.24, 2.45) is 0 Å². The Bertz CT molecular complexity index is 2260. The summed E-state index contributed by atoms with van der Waals surface area (Å²) in [4.78, 5) is 0. The molecule has 0 radical (unpaired) electrons. The maximum Gasteiger partial charge on any atom is 0.193 e. The molecule has 57 heavy (non-hydrogen) atoms. The predicted octanol–water partition coefficient (Wildman–Crippen LogP) is 12.5. The van der Waals surface area contributed by atoms with E-state index in [0.29, 0.717) is 53.3 Å². The van der Waals surface area contributed by atoms with Crippen LogP contribution in [0.15, 0.2) is 150 Å². The van der Waals surface area contributed by atoms with Crippen molar-refractivity contribution in [1.82, 2.24) is 0 Å². The van der Waals surface area contributed by atoms with Gasteiger partial charge in [0.1, 0.15) is 40.5 Å². The first-order chi connectivity index (χ1) is 27.3. The Morgan fingerprint density at radius 3 is 1.68 bits per heavy atom. The molecule has 2 N–H and O–H groups in total. The highest BCUT2D eigenvalue weighted by Crippen LogP contribution is 2.61. The number of aromatic hydroxyl groups is 2. The number of phenolic OH excluding ortho intramolecular Hbond substituents is 2. The third-order valence-corrected chi connectivity index (χ3v) is 16.7. The molecular weight excluding hydrogens is 793 g/mol. The Morgan fingerprint density at radius 2 is 1.16 bits per heavy atom. The van der Waals surface area contributed by atoms with E-state index < -0.39 is 20.0 Å². The van der Waals surface area contributed by atoms with Crippen LogP contribution in [-0.4, -0.2) is 24.1 Å². The Kier molecular flexibility index (Phi) is 11.9. The van der Waals surface area contributed by atoms with Gasteiger partial charge >= 0.3 is 0 Å². The molecule has 1 aliphatic heterocycles. The summed E-state index contributed by atoms with van der Waals surface area (Å²) in [6.07, 6.45) is 0.339. The molecule has 1 aliphatic rings. The highest BCUT2D eigenvalue weighted by atomic mass is 79.9. The largest absolute Gasteiger partial charge is 0.504 e. The average molecular weight is 844 g/mol. The zero-order valence-corrected chi connectivity index (χ0v) is 35.8. The van der Waals surface area contributed by atoms with Crippen LogP contribution in [0.25, 0.3) is 0 Å². The number of rotatable bonds is 13. The van der Waals surface area contributed by atoms with Crippen molar-refractivity contribution in [1.29, 1.82) is 0 Å². The summed E-state index contributed by atoms with van der Waals surface area (Å²) >= 11 is 3.98. The molecule has 0 aromatic heterocycles. The topological polar surface area (TPSA) is 77.4 Å². The van der Waals surface area contributed by atoms with Gasteiger partial charge in [0.2, 0.25) is 0 Å². The van der Waals surface area contributed by atoms with Gasteiger partial charge in [0, 0.05) is 24.0 Å². The monoisotopic (exact) mass is 842 g/mol. The summed E-state index contributed by atoms with van der Waals surface area (Å²) in [6.45, 7) is 12.0. The number of ether oxygens (including phenoxy) is 3. The van der Waals surface area contributed by atoms with Gasteiger partial charge < -0.3 is 28.8 Å². The van der Waals surface area contributed by atoms with Crippen LogP contribution in [0.2, 0.25) is 18.1 Å². The summed E-state index contributed by atoms with van der Waals surface area (Å²) in [6, 6.07) is 48.1. The number of hydrogen-bond donors (Lipinski definition) is 2. The molecule has 8 heteroatoms. The minimum Gasteiger partial charge on any atom is -0.504 e. The lowest BCUT2D eigenvalue weighted by molar-refractivity contribution is -0.0877. The molecule has 7 rings (SSSR count). The zero-order chi connectivity index (χ0) is 40.2. The Labute approximate surface area is 346 Å². The van der Waals surface area contributed by atoms with Crippen molar-refractivity contribution in [3.63, 3.8) is 0 Å². The molecular formula is C49H51BrO6Si. The van der Waals surface area contributed by atoms with Gasteiger partial charge in [-0.1, -0.05) is 148 Å². The fourth-order valence-electron chi connectivity index (χ4n) is 7.49. The first kappa shape index (κ1) is 40.2. The van der Waals surface area contributed by atoms with Gasteiger partial charge in [-0.2, -0.15) is 0 Å². The first-order valence-corrected chi connectivity index (χ1v) is 23.2. The summed E-state index contributed by atoms with van der Waals surface area (Å²) in [7, 11) is -2.63. The first-order valence-electron chi connectivity index (χ1n) is 19.5. The van der Waals surface area contributed by atoms with Crippen molar-refractivity contribution in [2.75, 3.05) is 0 Å². The molecule has 0 bridgehead atoms. The number of hydrogen-bond acceptors (Lipinski definition) is 6. The van der Waals surface area contributed by atoms with Crippen LogP contribution in [0.4, 0.5) is 0 Å². The smallest absolute Gasteiger partial charge is 0.193 e. The lowest BCUT2D eigenvalue weighted by atomic mass is 9.68. The molecule has 0 saturated heterocycles. The van der Waals surface area contributed by atoms with Gasteiger partial charge in [0.15, 0.2) is 25.9 Å². The summed E-state index contributed by atoms with van der Waals surface area (Å²) in [5.74, 6) is 1.03. The average Bonchev–Trinajstić information content (AvgIpc) is 3.20. The van der Waals surface area contributed by atoms with Crippen molar-refractivity contribution < 1.29 is 28.8 Å². The number of benzene rings is 6. The van der Waals surface area contributed by atoms with Gasteiger partial charge in [-0.05, 0) is 80.4 Å². The second-order valence-electron chi connectivity index (χ2n) is 16.4. The fraction of sp³-hybridized carbons (Fsp3) is 0.265. The second-order valence-corrected chi connectivity index (χ2v) is 22.0. The quantitative estimate of drug-likeness (QED) is 0.0891. The summed E-state index contributed by atoms with van der Waals surface area (Å²) < 4.78 is 29.6. The van der Waals surface area contributed by atoms with Gasteiger partial charge in [-0.25, -0.2) is 0 Å². The Balaban J connectivity index is 1.53. The lowest BCUT2D eigenvalue weighted by Crippen LogP contribution is -2.59. The van der Waals surface area contributed by atoms with Crippen molar-refractivity contribution >= 4 is 24.2 Å². The van der Waals surface area contributed by atoms with E-state index in [1.807, 2.05) is 72.8 Å². The molecule has 0 spiro atoms. The van der Waals surface area contributed by atoms with Gasteiger partial charge in [0.05, 0.1) is 0 Å². The summed E-state index contributed by atoms with van der Waals surface area (Å²) in [5, 5.41) is 21.5. The normalized spacial score (nSPS) is 18.0. The SMILES string of the molecule is CC(C)(C)[Si](C)(C)O[C@]1(Cc2ccccc2)C(Cc2ccccc2)c2c(OCc3ccccc3)cc(OCc3ccccc3)c(Br)c2O[C@@H]1c1ccc(O)c(O)c1. The standard InChI is InChI=1S/C49H51BrO6Si/c1-48(2,3)57(4,5)56-49(31-35-20-12-7-13-21-35)39(28-34-18-10-6-11-19-34)44-42(53-32-36-22-14-8-15-23-36)30-43(54-33-37-24-16-9-17-25-37)45(50)46(44)55-47(49)38-26-27-40(51)41(52)29-38/h6-27,29-30,39,47,51-52H,28,31-33H2,1-5H3/t39?,47-,49-/m1/s1. The number of halogens is 1. The van der Waals surface area contributed by atoms with Crippen LogP contribution < -0.4 is 14.2 Å². The van der Waals surface area contributed by atoms with E-state index in [-0.39, 0.29) is 22.5 Å². The van der Waals surface area contributed by atoms with Crippen LogP contribution in [0.1, 0.15) is 66.2 Å². The van der Waals surface area contributed by atoms with Crippen LogP contribution in [0, 0.1) is 0 Å². The van der Waals surface area contributed by atoms with Crippen LogP contribution >= 0.6 is 15.9 Å². The van der Waals surface area contributed by atoms with Crippen LogP contribution in [-0.2, 0) is 30.5 Å². The fourth-order valence-corrected chi connectivity index (χ4v) is 9.60. The third kappa shape index (κ3) is 8.79. The molecule has 1 unspecified atom stereocenters. The van der Waals surface area contributed by atoms with E-state index in [1.54, 1.807) is 6.07 Å². The van der Waals surface area contributed by atoms with Crippen molar-refractivity contribution in [2.45, 2.75) is 82.6 Å². The van der Waals surface area contributed by atoms with Crippen LogP contribution in [0.5, 0.6) is 28.7 Å². The van der Waals surface area contributed by atoms with Crippen LogP contribution in [0.3, 0.4) is 0 Å². The van der Waals surface area contributed by atoms with Gasteiger partial charge in [0.25, 0.3) is 0 Å². The van der Waals surface area contributed by atoms with E-state index in [1.165, 1.54) is 6.07 Å². The van der Waals surface area contributed by atoms with E-state index >= 15 is 0 Å². The summed E-state index contributed by atoms with van der Waals surface area (Å²) in [5.41, 5.74) is 4.78. The molecule has 6 nitrogen and oxygen atoms in total. The lowest BCUT2D eigenvalue weighted by Gasteiger charge is -2.55. The minimum atomic E-state index is -2.63. The van der Waals surface area contributed by atoms with E-state index in [0.717, 1.165) is 27.8 Å². The molecule has 1 heterocycles. The van der Waals surface area contributed by atoms with Crippen molar-refractivity contribution in [3.05, 3.63) is 183 Å². The maximum atomic E-state index is 11.1. The van der Waals surface area contributed by atoms with Gasteiger partial charge in [-0.15, -0.1) is 0 Å². The van der Waals surface area contributed by atoms with Crippen molar-refractivity contribution in [3.8, 4) is 28.7 Å². The molecule has 3 atom stereocenters. The number of fused-ring (bicyclic) bond motifs is 1. The van der Waals surface area contributed by atoms with E-state index in [4.69, 9.17) is 18.6 Å². The molecule has 0 amide bonds. The molecule has 0 saturated carbocycles. The predicted molar refractivity (Wildman–Crippen MR) is 233 cm³/mol. The Morgan fingerprint density at radius 1 is 0.649 bits per heavy atom. The molecule has 6 aromatic carbocycles. The second kappa shape index (κ2) is 16.8. The minimum absolute atomic E-state index is 0.168. The molecule has 0 aliphatic carbocycles. The third-order valence-electron chi connectivity index (χ3n) is 11.4. The zero-order valence-electron chi connectivity index (χ0n) is 33.2.